The molecule has 0 unspecified atom stereocenters. The van der Waals surface area contributed by atoms with Crippen molar-refractivity contribution < 1.29 is 17.6 Å². The predicted molar refractivity (Wildman–Crippen MR) is 90.6 cm³/mol. The van der Waals surface area contributed by atoms with E-state index in [1.54, 1.807) is 24.1 Å². The predicted octanol–water partition coefficient (Wildman–Crippen LogP) is 1.51. The van der Waals surface area contributed by atoms with Crippen LogP contribution in [0.1, 0.15) is 29.8 Å². The molecule has 2 N–H and O–H groups in total. The SMILES string of the molecule is CC(C)CN(Cc1cnn(C)c1)C(=O)c1cc(S(N)(=O)=O)ccc1F. The molecule has 0 fully saturated rings. The van der Waals surface area contributed by atoms with Crippen LogP contribution in [-0.4, -0.2) is 35.6 Å². The third kappa shape index (κ3) is 4.86. The van der Waals surface area contributed by atoms with Crippen molar-refractivity contribution in [2.75, 3.05) is 6.54 Å². The molecule has 7 nitrogen and oxygen atoms in total. The first kappa shape index (κ1) is 19.1. The van der Waals surface area contributed by atoms with Crippen molar-refractivity contribution in [3.05, 3.63) is 47.5 Å². The van der Waals surface area contributed by atoms with Gasteiger partial charge in [0.15, 0.2) is 0 Å². The largest absolute Gasteiger partial charge is 0.334 e. The number of hydrogen-bond donors (Lipinski definition) is 1. The summed E-state index contributed by atoms with van der Waals surface area (Å²) in [6.45, 7) is 4.48. The van der Waals surface area contributed by atoms with Crippen molar-refractivity contribution in [2.24, 2.45) is 18.1 Å². The Balaban J connectivity index is 2.38. The number of carbonyl (C=O) groups is 1. The van der Waals surface area contributed by atoms with Crippen LogP contribution in [0.3, 0.4) is 0 Å². The molecular formula is C16H21FN4O3S. The summed E-state index contributed by atoms with van der Waals surface area (Å²) in [5, 5.41) is 9.13. The minimum Gasteiger partial charge on any atom is -0.334 e. The van der Waals surface area contributed by atoms with Crippen LogP contribution in [0.4, 0.5) is 4.39 Å². The van der Waals surface area contributed by atoms with E-state index in [-0.39, 0.29) is 22.9 Å². The van der Waals surface area contributed by atoms with Crippen LogP contribution in [0.25, 0.3) is 0 Å². The molecule has 2 rings (SSSR count). The highest BCUT2D eigenvalue weighted by atomic mass is 32.2. The molecular weight excluding hydrogens is 347 g/mol. The van der Waals surface area contributed by atoms with Gasteiger partial charge in [0.2, 0.25) is 10.0 Å². The van der Waals surface area contributed by atoms with Gasteiger partial charge in [0.25, 0.3) is 5.91 Å². The van der Waals surface area contributed by atoms with Gasteiger partial charge in [-0.15, -0.1) is 0 Å². The number of amides is 1. The highest BCUT2D eigenvalue weighted by Gasteiger charge is 2.23. The molecule has 0 aliphatic rings. The Labute approximate surface area is 146 Å². The molecule has 25 heavy (non-hydrogen) atoms. The maximum atomic E-state index is 14.1. The summed E-state index contributed by atoms with van der Waals surface area (Å²) in [7, 11) is -2.27. The lowest BCUT2D eigenvalue weighted by Crippen LogP contribution is -2.34. The van der Waals surface area contributed by atoms with Crippen LogP contribution < -0.4 is 5.14 Å². The minimum absolute atomic E-state index is 0.144. The highest BCUT2D eigenvalue weighted by molar-refractivity contribution is 7.89. The maximum Gasteiger partial charge on any atom is 0.257 e. The average molecular weight is 368 g/mol. The van der Waals surface area contributed by atoms with Crippen LogP contribution >= 0.6 is 0 Å². The molecule has 1 aromatic carbocycles. The van der Waals surface area contributed by atoms with Gasteiger partial charge in [-0.25, -0.2) is 17.9 Å². The molecule has 0 radical (unpaired) electrons. The summed E-state index contributed by atoms with van der Waals surface area (Å²) in [6, 6.07) is 2.95. The molecule has 1 heterocycles. The Hall–Kier alpha value is -2.26. The summed E-state index contributed by atoms with van der Waals surface area (Å²) in [5.41, 5.74) is 0.468. The minimum atomic E-state index is -4.03. The van der Waals surface area contributed by atoms with Crippen molar-refractivity contribution >= 4 is 15.9 Å². The molecule has 0 saturated heterocycles. The number of aromatic nitrogens is 2. The third-order valence-corrected chi connectivity index (χ3v) is 4.41. The van der Waals surface area contributed by atoms with Gasteiger partial charge in [0.1, 0.15) is 5.82 Å². The monoisotopic (exact) mass is 368 g/mol. The first-order chi connectivity index (χ1) is 11.6. The Morgan fingerprint density at radius 3 is 2.60 bits per heavy atom. The van der Waals surface area contributed by atoms with Crippen LogP contribution in [-0.2, 0) is 23.6 Å². The van der Waals surface area contributed by atoms with Gasteiger partial charge in [-0.3, -0.25) is 9.48 Å². The zero-order chi connectivity index (χ0) is 18.8. The fourth-order valence-corrected chi connectivity index (χ4v) is 2.99. The molecule has 1 amide bonds. The van der Waals surface area contributed by atoms with Crippen LogP contribution in [0.15, 0.2) is 35.5 Å². The van der Waals surface area contributed by atoms with Crippen LogP contribution in [0.2, 0.25) is 0 Å². The summed E-state index contributed by atoms with van der Waals surface area (Å²) in [6.07, 6.45) is 3.38. The normalized spacial score (nSPS) is 11.8. The summed E-state index contributed by atoms with van der Waals surface area (Å²) >= 11 is 0. The maximum absolute atomic E-state index is 14.1. The zero-order valence-corrected chi connectivity index (χ0v) is 15.1. The summed E-state index contributed by atoms with van der Waals surface area (Å²) in [5.74, 6) is -1.25. The first-order valence-electron chi connectivity index (χ1n) is 7.67. The lowest BCUT2D eigenvalue weighted by molar-refractivity contribution is 0.0717. The quantitative estimate of drug-likeness (QED) is 0.835. The number of primary sulfonamides is 1. The Kier molecular flexibility index (Phi) is 5.58. The van der Waals surface area contributed by atoms with Crippen LogP contribution in [0.5, 0.6) is 0 Å². The summed E-state index contributed by atoms with van der Waals surface area (Å²) in [4.78, 5) is 14.0. The molecule has 9 heteroatoms. The number of halogens is 1. The number of benzene rings is 1. The van der Waals surface area contributed by atoms with Gasteiger partial charge in [-0.2, -0.15) is 5.10 Å². The number of aryl methyl sites for hydroxylation is 1. The molecule has 0 aliphatic heterocycles. The van der Waals surface area contributed by atoms with E-state index in [9.17, 15) is 17.6 Å². The first-order valence-corrected chi connectivity index (χ1v) is 9.21. The van der Waals surface area contributed by atoms with E-state index >= 15 is 0 Å². The number of sulfonamides is 1. The van der Waals surface area contributed by atoms with Crippen molar-refractivity contribution in [3.63, 3.8) is 0 Å². The topological polar surface area (TPSA) is 98.3 Å². The van der Waals surface area contributed by atoms with E-state index in [2.05, 4.69) is 5.10 Å². The number of nitrogens with two attached hydrogens (primary N) is 1. The Bertz CT molecular complexity index is 877. The van der Waals surface area contributed by atoms with Crippen molar-refractivity contribution in [2.45, 2.75) is 25.3 Å². The summed E-state index contributed by atoms with van der Waals surface area (Å²) < 4.78 is 38.7. The van der Waals surface area contributed by atoms with Gasteiger partial charge in [0, 0.05) is 31.9 Å². The highest BCUT2D eigenvalue weighted by Crippen LogP contribution is 2.18. The molecule has 0 saturated carbocycles. The van der Waals surface area contributed by atoms with E-state index in [1.807, 2.05) is 13.8 Å². The van der Waals surface area contributed by atoms with Gasteiger partial charge >= 0.3 is 0 Å². The van der Waals surface area contributed by atoms with E-state index in [0.29, 0.717) is 6.54 Å². The standard InChI is InChI=1S/C16H21FN4O3S/c1-11(2)8-21(10-12-7-19-20(3)9-12)16(22)14-6-13(25(18,23)24)4-5-15(14)17/h4-7,9,11H,8,10H2,1-3H3,(H2,18,23,24). The number of carbonyl (C=O) groups excluding carboxylic acids is 1. The molecule has 0 bridgehead atoms. The van der Waals surface area contributed by atoms with E-state index in [0.717, 1.165) is 23.8 Å². The van der Waals surface area contributed by atoms with E-state index < -0.39 is 21.7 Å². The van der Waals surface area contributed by atoms with Crippen molar-refractivity contribution in [1.82, 2.24) is 14.7 Å². The van der Waals surface area contributed by atoms with Gasteiger partial charge in [-0.05, 0) is 24.1 Å². The Morgan fingerprint density at radius 1 is 1.40 bits per heavy atom. The zero-order valence-electron chi connectivity index (χ0n) is 14.3. The van der Waals surface area contributed by atoms with Crippen LogP contribution in [0, 0.1) is 11.7 Å². The van der Waals surface area contributed by atoms with E-state index in [1.165, 1.54) is 4.90 Å². The van der Waals surface area contributed by atoms with Crippen molar-refractivity contribution in [3.8, 4) is 0 Å². The average Bonchev–Trinajstić information content (AvgIpc) is 2.90. The molecule has 2 aromatic rings. The Morgan fingerprint density at radius 2 is 2.08 bits per heavy atom. The number of hydrogen-bond acceptors (Lipinski definition) is 4. The molecule has 0 atom stereocenters. The lowest BCUT2D eigenvalue weighted by Gasteiger charge is -2.24. The second-order valence-corrected chi connectivity index (χ2v) is 7.85. The second kappa shape index (κ2) is 7.32. The fraction of sp³-hybridized carbons (Fsp3) is 0.375. The third-order valence-electron chi connectivity index (χ3n) is 3.50. The van der Waals surface area contributed by atoms with Crippen molar-refractivity contribution in [1.29, 1.82) is 0 Å². The van der Waals surface area contributed by atoms with Gasteiger partial charge < -0.3 is 4.90 Å². The molecule has 0 spiro atoms. The number of rotatable bonds is 6. The lowest BCUT2D eigenvalue weighted by atomic mass is 10.1. The second-order valence-electron chi connectivity index (χ2n) is 6.29. The van der Waals surface area contributed by atoms with Gasteiger partial charge in [0.05, 0.1) is 16.7 Å². The van der Waals surface area contributed by atoms with E-state index in [4.69, 9.17) is 5.14 Å². The van der Waals surface area contributed by atoms with Gasteiger partial charge in [-0.1, -0.05) is 13.8 Å². The number of nitrogens with zero attached hydrogens (tertiary/aromatic N) is 3. The molecule has 136 valence electrons. The smallest absolute Gasteiger partial charge is 0.257 e. The molecule has 1 aromatic heterocycles. The fourth-order valence-electron chi connectivity index (χ4n) is 2.45. The molecule has 0 aliphatic carbocycles.